The van der Waals surface area contributed by atoms with Gasteiger partial charge in [-0.15, -0.1) is 0 Å². The monoisotopic (exact) mass is 287 g/mol. The van der Waals surface area contributed by atoms with E-state index in [1.54, 1.807) is 0 Å². The first-order valence-electron chi connectivity index (χ1n) is 8.64. The zero-order valence-electron chi connectivity index (χ0n) is 13.1. The summed E-state index contributed by atoms with van der Waals surface area (Å²) in [7, 11) is 0. The fourth-order valence-corrected chi connectivity index (χ4v) is 3.56. The highest BCUT2D eigenvalue weighted by Crippen LogP contribution is 2.21. The Balaban J connectivity index is 1.48. The molecule has 0 atom stereocenters. The van der Waals surface area contributed by atoms with E-state index in [-0.39, 0.29) is 0 Å². The third kappa shape index (κ3) is 4.21. The number of hydrogen-bond donors (Lipinski definition) is 2. The summed E-state index contributed by atoms with van der Waals surface area (Å²) in [6.07, 6.45) is 8.88. The van der Waals surface area contributed by atoms with Crippen molar-refractivity contribution in [1.82, 2.24) is 5.32 Å². The van der Waals surface area contributed by atoms with Crippen molar-refractivity contribution in [2.75, 3.05) is 18.0 Å². The highest BCUT2D eigenvalue weighted by atomic mass is 15.1. The molecule has 2 fully saturated rings. The fraction of sp³-hybridized carbons (Fsp3) is 0.667. The van der Waals surface area contributed by atoms with Gasteiger partial charge in [0.2, 0.25) is 0 Å². The molecular weight excluding hydrogens is 258 g/mol. The highest BCUT2D eigenvalue weighted by Gasteiger charge is 2.17. The fourth-order valence-electron chi connectivity index (χ4n) is 3.56. The molecule has 1 saturated carbocycles. The van der Waals surface area contributed by atoms with Crippen molar-refractivity contribution >= 4 is 5.69 Å². The molecule has 3 rings (SSSR count). The summed E-state index contributed by atoms with van der Waals surface area (Å²) in [4.78, 5) is 2.52. The molecule has 0 bridgehead atoms. The third-order valence-corrected chi connectivity index (χ3v) is 5.02. The molecule has 0 radical (unpaired) electrons. The van der Waals surface area contributed by atoms with Gasteiger partial charge in [-0.2, -0.15) is 0 Å². The van der Waals surface area contributed by atoms with Gasteiger partial charge in [-0.1, -0.05) is 12.1 Å². The SMILES string of the molecule is NC1CCC(NCc2ccc(N3CCCCC3)cc2)CC1. The lowest BCUT2D eigenvalue weighted by Crippen LogP contribution is -2.37. The second kappa shape index (κ2) is 7.28. The van der Waals surface area contributed by atoms with Crippen LogP contribution < -0.4 is 16.0 Å². The van der Waals surface area contributed by atoms with E-state index in [9.17, 15) is 0 Å². The van der Waals surface area contributed by atoms with Crippen molar-refractivity contribution in [3.05, 3.63) is 29.8 Å². The normalized spacial score (nSPS) is 26.8. The zero-order valence-corrected chi connectivity index (χ0v) is 13.1. The van der Waals surface area contributed by atoms with Gasteiger partial charge in [0.1, 0.15) is 0 Å². The second-order valence-corrected chi connectivity index (χ2v) is 6.71. The Morgan fingerprint density at radius 3 is 2.29 bits per heavy atom. The number of piperidine rings is 1. The molecule has 116 valence electrons. The molecule has 1 heterocycles. The molecule has 0 unspecified atom stereocenters. The number of nitrogens with zero attached hydrogens (tertiary/aromatic N) is 1. The molecule has 3 nitrogen and oxygen atoms in total. The van der Waals surface area contributed by atoms with Gasteiger partial charge in [0.25, 0.3) is 0 Å². The molecule has 1 aliphatic carbocycles. The van der Waals surface area contributed by atoms with Gasteiger partial charge in [0, 0.05) is 37.4 Å². The van der Waals surface area contributed by atoms with Crippen LogP contribution in [0.15, 0.2) is 24.3 Å². The maximum absolute atomic E-state index is 5.96. The van der Waals surface area contributed by atoms with E-state index in [0.717, 1.165) is 6.54 Å². The Labute approximate surface area is 128 Å². The summed E-state index contributed by atoms with van der Waals surface area (Å²) < 4.78 is 0. The van der Waals surface area contributed by atoms with Crippen molar-refractivity contribution in [1.29, 1.82) is 0 Å². The number of anilines is 1. The first kappa shape index (κ1) is 14.9. The number of rotatable bonds is 4. The minimum Gasteiger partial charge on any atom is -0.372 e. The molecule has 21 heavy (non-hydrogen) atoms. The molecule has 3 N–H and O–H groups in total. The van der Waals surface area contributed by atoms with Crippen LogP contribution in [0.5, 0.6) is 0 Å². The van der Waals surface area contributed by atoms with Crippen LogP contribution in [0.3, 0.4) is 0 Å². The van der Waals surface area contributed by atoms with Crippen molar-refractivity contribution in [3.63, 3.8) is 0 Å². The van der Waals surface area contributed by atoms with Crippen molar-refractivity contribution in [2.24, 2.45) is 5.73 Å². The summed E-state index contributed by atoms with van der Waals surface area (Å²) in [6.45, 7) is 3.43. The van der Waals surface area contributed by atoms with E-state index in [1.807, 2.05) is 0 Å². The molecule has 1 saturated heterocycles. The van der Waals surface area contributed by atoms with Crippen LogP contribution in [0.1, 0.15) is 50.5 Å². The maximum Gasteiger partial charge on any atom is 0.0366 e. The van der Waals surface area contributed by atoms with Gasteiger partial charge in [-0.05, 0) is 62.6 Å². The summed E-state index contributed by atoms with van der Waals surface area (Å²) in [5.41, 5.74) is 8.74. The van der Waals surface area contributed by atoms with Crippen LogP contribution in [-0.4, -0.2) is 25.2 Å². The largest absolute Gasteiger partial charge is 0.372 e. The van der Waals surface area contributed by atoms with E-state index < -0.39 is 0 Å². The number of benzene rings is 1. The lowest BCUT2D eigenvalue weighted by Gasteiger charge is -2.29. The minimum atomic E-state index is 0.437. The van der Waals surface area contributed by atoms with Crippen molar-refractivity contribution in [2.45, 2.75) is 63.6 Å². The zero-order chi connectivity index (χ0) is 14.5. The molecular formula is C18H29N3. The van der Waals surface area contributed by atoms with Gasteiger partial charge in [-0.25, -0.2) is 0 Å². The lowest BCUT2D eigenvalue weighted by molar-refractivity contribution is 0.342. The smallest absolute Gasteiger partial charge is 0.0366 e. The standard InChI is InChI=1S/C18H29N3/c19-16-6-8-17(9-7-16)20-14-15-4-10-18(11-5-15)21-12-2-1-3-13-21/h4-5,10-11,16-17,20H,1-3,6-9,12-14,19H2. The predicted octanol–water partition coefficient (Wildman–Crippen LogP) is 3.04. The van der Waals surface area contributed by atoms with Crippen LogP contribution >= 0.6 is 0 Å². The summed E-state index contributed by atoms with van der Waals surface area (Å²) >= 11 is 0. The van der Waals surface area contributed by atoms with Crippen molar-refractivity contribution in [3.8, 4) is 0 Å². The lowest BCUT2D eigenvalue weighted by atomic mass is 9.92. The molecule has 0 amide bonds. The molecule has 1 aromatic rings. The van der Waals surface area contributed by atoms with Crippen LogP contribution in [0.2, 0.25) is 0 Å². The van der Waals surface area contributed by atoms with Gasteiger partial charge >= 0.3 is 0 Å². The first-order chi connectivity index (χ1) is 10.3. The average Bonchev–Trinajstić information content (AvgIpc) is 2.56. The van der Waals surface area contributed by atoms with Gasteiger partial charge in [-0.3, -0.25) is 0 Å². The Morgan fingerprint density at radius 2 is 1.62 bits per heavy atom. The van der Waals surface area contributed by atoms with Crippen molar-refractivity contribution < 1.29 is 0 Å². The van der Waals surface area contributed by atoms with Crippen LogP contribution in [0.4, 0.5) is 5.69 Å². The van der Waals surface area contributed by atoms with Gasteiger partial charge in [0.15, 0.2) is 0 Å². The topological polar surface area (TPSA) is 41.3 Å². The van der Waals surface area contributed by atoms with E-state index in [2.05, 4.69) is 34.5 Å². The Bertz CT molecular complexity index is 415. The highest BCUT2D eigenvalue weighted by molar-refractivity contribution is 5.47. The number of nitrogens with one attached hydrogen (secondary N) is 1. The second-order valence-electron chi connectivity index (χ2n) is 6.71. The van der Waals surface area contributed by atoms with E-state index >= 15 is 0 Å². The average molecular weight is 287 g/mol. The Morgan fingerprint density at radius 1 is 0.952 bits per heavy atom. The van der Waals surface area contributed by atoms with Gasteiger partial charge < -0.3 is 16.0 Å². The van der Waals surface area contributed by atoms with Crippen LogP contribution in [0.25, 0.3) is 0 Å². The van der Waals surface area contributed by atoms with E-state index in [1.165, 1.54) is 69.3 Å². The molecule has 2 aliphatic rings. The molecule has 0 aromatic heterocycles. The molecule has 3 heteroatoms. The maximum atomic E-state index is 5.96. The molecule has 0 spiro atoms. The summed E-state index contributed by atoms with van der Waals surface area (Å²) in [6, 6.07) is 10.2. The van der Waals surface area contributed by atoms with E-state index in [0.29, 0.717) is 12.1 Å². The molecule has 1 aliphatic heterocycles. The first-order valence-corrected chi connectivity index (χ1v) is 8.64. The Hall–Kier alpha value is -1.06. The van der Waals surface area contributed by atoms with E-state index in [4.69, 9.17) is 5.73 Å². The van der Waals surface area contributed by atoms with Crippen LogP contribution in [0, 0.1) is 0 Å². The van der Waals surface area contributed by atoms with Gasteiger partial charge in [0.05, 0.1) is 0 Å². The Kier molecular flexibility index (Phi) is 5.15. The third-order valence-electron chi connectivity index (χ3n) is 5.02. The number of hydrogen-bond acceptors (Lipinski definition) is 3. The predicted molar refractivity (Wildman–Crippen MR) is 89.6 cm³/mol. The minimum absolute atomic E-state index is 0.437. The summed E-state index contributed by atoms with van der Waals surface area (Å²) in [5.74, 6) is 0. The number of nitrogens with two attached hydrogens (primary N) is 1. The summed E-state index contributed by atoms with van der Waals surface area (Å²) in [5, 5.41) is 3.69. The quantitative estimate of drug-likeness (QED) is 0.894. The van der Waals surface area contributed by atoms with Crippen LogP contribution in [-0.2, 0) is 6.54 Å². The molecule has 1 aromatic carbocycles.